The van der Waals surface area contributed by atoms with Gasteiger partial charge in [0.05, 0.1) is 5.52 Å². The highest BCUT2D eigenvalue weighted by Gasteiger charge is 2.60. The third-order valence-corrected chi connectivity index (χ3v) is 10.1. The summed E-state index contributed by atoms with van der Waals surface area (Å²) in [5, 5.41) is 0. The minimum Gasteiger partial charge on any atom is -0.341 e. The van der Waals surface area contributed by atoms with Gasteiger partial charge in [-0.05, 0) is 85.8 Å². The third kappa shape index (κ3) is 2.71. The van der Waals surface area contributed by atoms with Crippen LogP contribution in [0.15, 0.2) is 30.5 Å². The third-order valence-electron chi connectivity index (χ3n) is 10.1. The highest BCUT2D eigenvalue weighted by molar-refractivity contribution is 5.89. The van der Waals surface area contributed by atoms with E-state index in [1.165, 1.54) is 32.1 Å². The van der Waals surface area contributed by atoms with Gasteiger partial charge >= 0.3 is 0 Å². The molecule has 2 unspecified atom stereocenters. The van der Waals surface area contributed by atoms with Crippen molar-refractivity contribution < 1.29 is 4.79 Å². The molecule has 0 aromatic carbocycles. The number of carbonyl (C=O) groups is 1. The number of carbonyl (C=O) groups excluding carboxylic acids is 1. The smallest absolute Gasteiger partial charge is 0.246 e. The fourth-order valence-electron chi connectivity index (χ4n) is 8.41. The normalized spacial score (nSPS) is 41.8. The Bertz CT molecular complexity index is 1030. The second-order valence-electron chi connectivity index (χ2n) is 11.2. The van der Waals surface area contributed by atoms with Crippen LogP contribution in [-0.4, -0.2) is 38.8 Å². The van der Waals surface area contributed by atoms with Crippen LogP contribution in [0.3, 0.4) is 0 Å². The second-order valence-corrected chi connectivity index (χ2v) is 11.2. The number of rotatable bonds is 2. The molecule has 0 radical (unpaired) electrons. The van der Waals surface area contributed by atoms with Crippen LogP contribution < -0.4 is 0 Å². The number of amides is 1. The molecule has 7 atom stereocenters. The molecule has 3 saturated carbocycles. The molecule has 0 bridgehead atoms. The summed E-state index contributed by atoms with van der Waals surface area (Å²) in [4.78, 5) is 27.0. The van der Waals surface area contributed by atoms with E-state index in [0.29, 0.717) is 23.3 Å². The summed E-state index contributed by atoms with van der Waals surface area (Å²) in [5.74, 6) is 4.26. The number of aromatic amines is 1. The van der Waals surface area contributed by atoms with Gasteiger partial charge in [0, 0.05) is 31.1 Å². The lowest BCUT2D eigenvalue weighted by Crippen LogP contribution is -2.59. The molecule has 5 nitrogen and oxygen atoms in total. The zero-order valence-electron chi connectivity index (χ0n) is 19.0. The Morgan fingerprint density at radius 1 is 1.16 bits per heavy atom. The molecular formula is C26H34N4O. The summed E-state index contributed by atoms with van der Waals surface area (Å²) in [7, 11) is 2.01. The molecule has 1 aliphatic heterocycles. The van der Waals surface area contributed by atoms with E-state index in [2.05, 4.69) is 36.0 Å². The van der Waals surface area contributed by atoms with Gasteiger partial charge in [0.1, 0.15) is 5.82 Å². The van der Waals surface area contributed by atoms with E-state index in [0.717, 1.165) is 41.7 Å². The van der Waals surface area contributed by atoms with Gasteiger partial charge in [-0.2, -0.15) is 0 Å². The molecule has 0 spiro atoms. The van der Waals surface area contributed by atoms with Crippen LogP contribution in [0.25, 0.3) is 11.2 Å². The van der Waals surface area contributed by atoms with Gasteiger partial charge in [-0.3, -0.25) is 4.79 Å². The number of fused-ring (bicyclic) bond motifs is 6. The molecular weight excluding hydrogens is 384 g/mol. The number of pyridine rings is 1. The molecule has 3 fully saturated rings. The van der Waals surface area contributed by atoms with Gasteiger partial charge in [0.15, 0.2) is 5.65 Å². The highest BCUT2D eigenvalue weighted by atomic mass is 16.2. The van der Waals surface area contributed by atoms with Gasteiger partial charge in [-0.1, -0.05) is 19.9 Å². The summed E-state index contributed by atoms with van der Waals surface area (Å²) in [5.41, 5.74) is 2.43. The minimum atomic E-state index is 0.134. The van der Waals surface area contributed by atoms with Crippen LogP contribution in [0.1, 0.15) is 58.2 Å². The number of nitrogens with one attached hydrogen (secondary N) is 1. The summed E-state index contributed by atoms with van der Waals surface area (Å²) >= 11 is 0. The van der Waals surface area contributed by atoms with Crippen molar-refractivity contribution in [2.75, 3.05) is 7.05 Å². The summed E-state index contributed by atoms with van der Waals surface area (Å²) < 4.78 is 0. The van der Waals surface area contributed by atoms with Crippen molar-refractivity contribution in [1.82, 2.24) is 19.9 Å². The number of nitrogens with zero attached hydrogens (tertiary/aromatic N) is 3. The number of hydrogen-bond donors (Lipinski definition) is 1. The fraction of sp³-hybridized carbons (Fsp3) is 0.654. The van der Waals surface area contributed by atoms with Crippen molar-refractivity contribution in [3.8, 4) is 0 Å². The van der Waals surface area contributed by atoms with Gasteiger partial charge in [0.2, 0.25) is 5.91 Å². The maximum atomic E-state index is 12.3. The molecule has 1 N–H and O–H groups in total. The SMILES string of the molecule is CN1C(=O)C=C[C@@]2(C)C1CC[C@@H]1[C@H]2CC[C@]2(C)C(Cc3nc4ncccc4[nH]3)CC[C@@H]12. The minimum absolute atomic E-state index is 0.134. The van der Waals surface area contributed by atoms with Crippen molar-refractivity contribution in [2.45, 2.75) is 64.8 Å². The molecule has 164 valence electrons. The molecule has 5 heteroatoms. The standard InChI is InChI=1S/C26H34N4O/c1-25-12-10-19-17(7-9-21-26(19,2)13-11-23(31)30(21)3)18(25)8-6-16(25)15-22-28-20-5-4-14-27-24(20)29-22/h4-5,11,13-14,16-19,21H,6-10,12,15H2,1-3H3,(H,27,28,29)/t16?,17-,18-,19+,21?,25+,26+/m0/s1. The molecule has 3 heterocycles. The number of likely N-dealkylation sites (N-methyl/N-ethyl adjacent to an activating group) is 1. The van der Waals surface area contributed by atoms with Crippen molar-refractivity contribution in [3.05, 3.63) is 36.3 Å². The Morgan fingerprint density at radius 2 is 2.03 bits per heavy atom. The second kappa shape index (κ2) is 6.66. The molecule has 0 saturated heterocycles. The predicted octanol–water partition coefficient (Wildman–Crippen LogP) is 4.76. The molecule has 3 aliphatic carbocycles. The molecule has 31 heavy (non-hydrogen) atoms. The van der Waals surface area contributed by atoms with E-state index in [4.69, 9.17) is 4.98 Å². The molecule has 2 aromatic heterocycles. The average molecular weight is 419 g/mol. The zero-order valence-corrected chi connectivity index (χ0v) is 19.0. The first-order chi connectivity index (χ1) is 14.9. The van der Waals surface area contributed by atoms with Crippen LogP contribution >= 0.6 is 0 Å². The maximum absolute atomic E-state index is 12.3. The zero-order chi connectivity index (χ0) is 21.4. The van der Waals surface area contributed by atoms with E-state index in [-0.39, 0.29) is 11.3 Å². The predicted molar refractivity (Wildman–Crippen MR) is 121 cm³/mol. The molecule has 6 rings (SSSR count). The van der Waals surface area contributed by atoms with E-state index < -0.39 is 0 Å². The number of hydrogen-bond acceptors (Lipinski definition) is 3. The Hall–Kier alpha value is -2.17. The Morgan fingerprint density at radius 3 is 2.87 bits per heavy atom. The van der Waals surface area contributed by atoms with Gasteiger partial charge in [-0.25, -0.2) is 9.97 Å². The highest BCUT2D eigenvalue weighted by Crippen LogP contribution is 2.65. The van der Waals surface area contributed by atoms with Gasteiger partial charge in [-0.15, -0.1) is 0 Å². The Balaban J connectivity index is 1.26. The van der Waals surface area contributed by atoms with E-state index in [9.17, 15) is 4.79 Å². The number of aromatic nitrogens is 3. The van der Waals surface area contributed by atoms with E-state index >= 15 is 0 Å². The van der Waals surface area contributed by atoms with Crippen molar-refractivity contribution >= 4 is 17.1 Å². The average Bonchev–Trinajstić information content (AvgIpc) is 3.32. The molecule has 4 aliphatic rings. The summed E-state index contributed by atoms with van der Waals surface area (Å²) in [6.45, 7) is 5.01. The lowest BCUT2D eigenvalue weighted by molar-refractivity contribution is -0.138. The molecule has 1 amide bonds. The monoisotopic (exact) mass is 418 g/mol. The van der Waals surface area contributed by atoms with E-state index in [1.54, 1.807) is 0 Å². The number of H-pyrrole nitrogens is 1. The maximum Gasteiger partial charge on any atom is 0.246 e. The van der Waals surface area contributed by atoms with Crippen LogP contribution in [-0.2, 0) is 11.2 Å². The van der Waals surface area contributed by atoms with Crippen LogP contribution in [0.4, 0.5) is 0 Å². The Labute approximate surface area is 184 Å². The topological polar surface area (TPSA) is 61.9 Å². The first kappa shape index (κ1) is 19.5. The van der Waals surface area contributed by atoms with Gasteiger partial charge in [0.25, 0.3) is 0 Å². The van der Waals surface area contributed by atoms with Crippen LogP contribution in [0.5, 0.6) is 0 Å². The van der Waals surface area contributed by atoms with Crippen LogP contribution in [0, 0.1) is 34.5 Å². The van der Waals surface area contributed by atoms with Crippen molar-refractivity contribution in [1.29, 1.82) is 0 Å². The lowest BCUT2D eigenvalue weighted by Gasteiger charge is -2.60. The first-order valence-corrected chi connectivity index (χ1v) is 12.2. The quantitative estimate of drug-likeness (QED) is 0.765. The first-order valence-electron chi connectivity index (χ1n) is 12.2. The largest absolute Gasteiger partial charge is 0.341 e. The molecule has 2 aromatic rings. The Kier molecular flexibility index (Phi) is 4.19. The van der Waals surface area contributed by atoms with Gasteiger partial charge < -0.3 is 9.88 Å². The number of imidazole rings is 1. The fourth-order valence-corrected chi connectivity index (χ4v) is 8.41. The van der Waals surface area contributed by atoms with Crippen LogP contribution in [0.2, 0.25) is 0 Å². The van der Waals surface area contributed by atoms with Crippen molar-refractivity contribution in [2.24, 2.45) is 34.5 Å². The summed E-state index contributed by atoms with van der Waals surface area (Å²) in [6, 6.07) is 4.41. The summed E-state index contributed by atoms with van der Waals surface area (Å²) in [6.07, 6.45) is 14.7. The van der Waals surface area contributed by atoms with E-state index in [1.807, 2.05) is 30.3 Å². The lowest BCUT2D eigenvalue weighted by atomic mass is 9.47. The van der Waals surface area contributed by atoms with Crippen molar-refractivity contribution in [3.63, 3.8) is 0 Å².